The summed E-state index contributed by atoms with van der Waals surface area (Å²) >= 11 is 0. The molecule has 0 saturated heterocycles. The molecular formula is C19H31NO. The van der Waals surface area contributed by atoms with Crippen LogP contribution in [0.3, 0.4) is 0 Å². The lowest BCUT2D eigenvalue weighted by atomic mass is 10.1. The molecule has 1 aliphatic rings. The van der Waals surface area contributed by atoms with E-state index in [1.54, 1.807) is 0 Å². The second-order valence-electron chi connectivity index (χ2n) is 6.41. The van der Waals surface area contributed by atoms with Crippen molar-refractivity contribution < 1.29 is 4.74 Å². The Morgan fingerprint density at radius 2 is 1.81 bits per heavy atom. The molecule has 2 heteroatoms. The van der Waals surface area contributed by atoms with Gasteiger partial charge in [0.05, 0.1) is 6.61 Å². The minimum atomic E-state index is 0.439. The normalized spacial score (nSPS) is 15.9. The summed E-state index contributed by atoms with van der Waals surface area (Å²) in [7, 11) is 0. The number of hydrogen-bond acceptors (Lipinski definition) is 2. The van der Waals surface area contributed by atoms with Crippen molar-refractivity contribution in [1.82, 2.24) is 5.32 Å². The number of rotatable bonds is 11. The molecule has 1 aromatic carbocycles. The molecule has 0 heterocycles. The molecule has 1 aromatic rings. The Morgan fingerprint density at radius 1 is 1.10 bits per heavy atom. The highest BCUT2D eigenvalue weighted by Crippen LogP contribution is 2.28. The highest BCUT2D eigenvalue weighted by Gasteiger charge is 2.21. The Labute approximate surface area is 130 Å². The number of nitrogens with one attached hydrogen (secondary N) is 1. The molecule has 0 spiro atoms. The lowest BCUT2D eigenvalue weighted by Gasteiger charge is -2.14. The van der Waals surface area contributed by atoms with E-state index in [9.17, 15) is 0 Å². The van der Waals surface area contributed by atoms with Gasteiger partial charge in [0, 0.05) is 6.04 Å². The standard InChI is InChI=1S/C19H31NO/c1-3-4-5-6-7-14-21-19-12-10-18(11-13-19)16(2)20-15-17-8-9-17/h10-13,16-17,20H,3-9,14-15H2,1-2H3. The van der Waals surface area contributed by atoms with Gasteiger partial charge in [-0.1, -0.05) is 44.7 Å². The van der Waals surface area contributed by atoms with Crippen molar-refractivity contribution in [3.63, 3.8) is 0 Å². The first kappa shape index (κ1) is 16.4. The average molecular weight is 289 g/mol. The Kier molecular flexibility index (Phi) is 7.08. The first-order chi connectivity index (χ1) is 10.3. The Morgan fingerprint density at radius 3 is 2.48 bits per heavy atom. The Balaban J connectivity index is 1.63. The van der Waals surface area contributed by atoms with Crippen LogP contribution in [0.15, 0.2) is 24.3 Å². The summed E-state index contributed by atoms with van der Waals surface area (Å²) in [5, 5.41) is 3.61. The van der Waals surface area contributed by atoms with Gasteiger partial charge in [0.1, 0.15) is 5.75 Å². The summed E-state index contributed by atoms with van der Waals surface area (Å²) < 4.78 is 5.81. The van der Waals surface area contributed by atoms with Gasteiger partial charge in [-0.3, -0.25) is 0 Å². The minimum Gasteiger partial charge on any atom is -0.494 e. The largest absolute Gasteiger partial charge is 0.494 e. The van der Waals surface area contributed by atoms with E-state index in [-0.39, 0.29) is 0 Å². The maximum Gasteiger partial charge on any atom is 0.119 e. The highest BCUT2D eigenvalue weighted by molar-refractivity contribution is 5.28. The van der Waals surface area contributed by atoms with E-state index >= 15 is 0 Å². The van der Waals surface area contributed by atoms with Crippen LogP contribution in [0.25, 0.3) is 0 Å². The first-order valence-corrected chi connectivity index (χ1v) is 8.75. The lowest BCUT2D eigenvalue weighted by Crippen LogP contribution is -2.20. The molecule has 1 aliphatic carbocycles. The number of unbranched alkanes of at least 4 members (excludes halogenated alkanes) is 4. The topological polar surface area (TPSA) is 21.3 Å². The summed E-state index contributed by atoms with van der Waals surface area (Å²) in [6.07, 6.45) is 9.25. The van der Waals surface area contributed by atoms with E-state index in [1.807, 2.05) is 0 Å². The van der Waals surface area contributed by atoms with Crippen LogP contribution in [-0.4, -0.2) is 13.2 Å². The van der Waals surface area contributed by atoms with E-state index in [2.05, 4.69) is 43.4 Å². The van der Waals surface area contributed by atoms with Crippen molar-refractivity contribution in [2.24, 2.45) is 5.92 Å². The van der Waals surface area contributed by atoms with E-state index < -0.39 is 0 Å². The third kappa shape index (κ3) is 6.52. The van der Waals surface area contributed by atoms with Gasteiger partial charge in [-0.15, -0.1) is 0 Å². The summed E-state index contributed by atoms with van der Waals surface area (Å²) in [5.41, 5.74) is 1.35. The van der Waals surface area contributed by atoms with Crippen molar-refractivity contribution in [3.05, 3.63) is 29.8 Å². The first-order valence-electron chi connectivity index (χ1n) is 8.75. The molecule has 2 rings (SSSR count). The molecule has 1 N–H and O–H groups in total. The van der Waals surface area contributed by atoms with Gasteiger partial charge < -0.3 is 10.1 Å². The molecule has 2 nitrogen and oxygen atoms in total. The predicted molar refractivity (Wildman–Crippen MR) is 89.8 cm³/mol. The van der Waals surface area contributed by atoms with Crippen molar-refractivity contribution in [3.8, 4) is 5.75 Å². The number of benzene rings is 1. The predicted octanol–water partition coefficient (Wildman–Crippen LogP) is 5.10. The molecule has 0 aromatic heterocycles. The molecule has 0 aliphatic heterocycles. The third-order valence-corrected chi connectivity index (χ3v) is 4.31. The van der Waals surface area contributed by atoms with Gasteiger partial charge in [-0.05, 0) is 56.3 Å². The third-order valence-electron chi connectivity index (χ3n) is 4.31. The van der Waals surface area contributed by atoms with Gasteiger partial charge in [0.2, 0.25) is 0 Å². The number of hydrogen-bond donors (Lipinski definition) is 1. The maximum absolute atomic E-state index is 5.81. The fraction of sp³-hybridized carbons (Fsp3) is 0.684. The van der Waals surface area contributed by atoms with E-state index in [1.165, 1.54) is 50.5 Å². The van der Waals surface area contributed by atoms with E-state index in [0.29, 0.717) is 6.04 Å². The van der Waals surface area contributed by atoms with E-state index in [4.69, 9.17) is 4.74 Å². The molecule has 1 unspecified atom stereocenters. The summed E-state index contributed by atoms with van der Waals surface area (Å²) in [6.45, 7) is 6.50. The molecule has 118 valence electrons. The van der Waals surface area contributed by atoms with Crippen molar-refractivity contribution in [2.45, 2.75) is 64.8 Å². The molecule has 0 radical (unpaired) electrons. The lowest BCUT2D eigenvalue weighted by molar-refractivity contribution is 0.304. The smallest absolute Gasteiger partial charge is 0.119 e. The van der Waals surface area contributed by atoms with Crippen LogP contribution >= 0.6 is 0 Å². The molecule has 1 fully saturated rings. The van der Waals surface area contributed by atoms with Gasteiger partial charge in [-0.25, -0.2) is 0 Å². The summed E-state index contributed by atoms with van der Waals surface area (Å²) in [5.74, 6) is 1.94. The zero-order valence-electron chi connectivity index (χ0n) is 13.7. The quantitative estimate of drug-likeness (QED) is 0.572. The second kappa shape index (κ2) is 9.09. The van der Waals surface area contributed by atoms with Gasteiger partial charge in [0.25, 0.3) is 0 Å². The van der Waals surface area contributed by atoms with E-state index in [0.717, 1.165) is 24.8 Å². The van der Waals surface area contributed by atoms with Crippen LogP contribution in [0.1, 0.15) is 70.4 Å². The SMILES string of the molecule is CCCCCCCOc1ccc(C(C)NCC2CC2)cc1. The molecule has 21 heavy (non-hydrogen) atoms. The molecule has 0 amide bonds. The minimum absolute atomic E-state index is 0.439. The van der Waals surface area contributed by atoms with Crippen molar-refractivity contribution >= 4 is 0 Å². The van der Waals surface area contributed by atoms with Crippen molar-refractivity contribution in [1.29, 1.82) is 0 Å². The van der Waals surface area contributed by atoms with Crippen LogP contribution in [-0.2, 0) is 0 Å². The number of ether oxygens (including phenoxy) is 1. The van der Waals surface area contributed by atoms with Crippen LogP contribution in [0.5, 0.6) is 5.75 Å². The second-order valence-corrected chi connectivity index (χ2v) is 6.41. The molecule has 1 atom stereocenters. The van der Waals surface area contributed by atoms with Crippen LogP contribution in [0.2, 0.25) is 0 Å². The van der Waals surface area contributed by atoms with Gasteiger partial charge >= 0.3 is 0 Å². The van der Waals surface area contributed by atoms with Crippen LogP contribution in [0.4, 0.5) is 0 Å². The van der Waals surface area contributed by atoms with Crippen LogP contribution in [0, 0.1) is 5.92 Å². The fourth-order valence-corrected chi connectivity index (χ4v) is 2.53. The zero-order chi connectivity index (χ0) is 14.9. The molecule has 0 bridgehead atoms. The monoisotopic (exact) mass is 289 g/mol. The molecular weight excluding hydrogens is 258 g/mol. The summed E-state index contributed by atoms with van der Waals surface area (Å²) in [6, 6.07) is 9.04. The zero-order valence-corrected chi connectivity index (χ0v) is 13.7. The van der Waals surface area contributed by atoms with Crippen LogP contribution < -0.4 is 10.1 Å². The van der Waals surface area contributed by atoms with Gasteiger partial charge in [-0.2, -0.15) is 0 Å². The molecule has 1 saturated carbocycles. The Bertz CT molecular complexity index is 383. The maximum atomic E-state index is 5.81. The van der Waals surface area contributed by atoms with Crippen molar-refractivity contribution in [2.75, 3.05) is 13.2 Å². The van der Waals surface area contributed by atoms with Gasteiger partial charge in [0.15, 0.2) is 0 Å². The fourth-order valence-electron chi connectivity index (χ4n) is 2.53. The average Bonchev–Trinajstić information content (AvgIpc) is 3.33. The Hall–Kier alpha value is -1.02. The highest BCUT2D eigenvalue weighted by atomic mass is 16.5. The summed E-state index contributed by atoms with van der Waals surface area (Å²) in [4.78, 5) is 0.